The number of rotatable bonds is 11. The van der Waals surface area contributed by atoms with Gasteiger partial charge < -0.3 is 24.7 Å². The number of alkyl halides is 3. The summed E-state index contributed by atoms with van der Waals surface area (Å²) in [5.41, 5.74) is -3.97. The van der Waals surface area contributed by atoms with Gasteiger partial charge in [0.2, 0.25) is 4.80 Å². The Bertz CT molecular complexity index is 2550. The molecule has 4 aromatic rings. The van der Waals surface area contributed by atoms with Gasteiger partial charge in [-0.1, -0.05) is 23.2 Å². The Morgan fingerprint density at radius 2 is 1.63 bits per heavy atom. The molecule has 0 atom stereocenters. The van der Waals surface area contributed by atoms with Gasteiger partial charge in [0.25, 0.3) is 5.56 Å². The van der Waals surface area contributed by atoms with Crippen molar-refractivity contribution in [2.24, 2.45) is 12.0 Å². The number of thioether (sulfide) groups is 1. The summed E-state index contributed by atoms with van der Waals surface area (Å²) in [5, 5.41) is 19.0. The number of fused-ring (bicyclic) bond motifs is 1. The molecule has 1 aliphatic heterocycles. The van der Waals surface area contributed by atoms with Gasteiger partial charge in [0.05, 0.1) is 46.0 Å². The summed E-state index contributed by atoms with van der Waals surface area (Å²) < 4.78 is 72.1. The van der Waals surface area contributed by atoms with Crippen molar-refractivity contribution in [2.45, 2.75) is 57.0 Å². The number of carbonyl (C=O) groups excluding carboxylic acids is 1. The van der Waals surface area contributed by atoms with Gasteiger partial charge in [0.1, 0.15) is 17.2 Å². The van der Waals surface area contributed by atoms with Crippen molar-refractivity contribution >= 4 is 77.5 Å². The molecule has 0 aliphatic carbocycles. The minimum absolute atomic E-state index is 0.0104. The smallest absolute Gasteiger partial charge is 0.431 e. The van der Waals surface area contributed by atoms with Crippen LogP contribution in [0.15, 0.2) is 60.7 Å². The quantitative estimate of drug-likeness (QED) is 0.0610. The Morgan fingerprint density at radius 3 is 2.20 bits per heavy atom. The predicted molar refractivity (Wildman–Crippen MR) is 211 cm³/mol. The molecule has 27 heteroatoms. The SMILES string of the molecule is CC(C)OC(=O)c1cc(-n2c(=O)cc(C(F)(F)F)n(C)c2=O)ccc1Cl.O=C(O)CNCP(=O)(O)O.O=C(O)CSc1cc(N=c2sc(=O)n3n2CCCC3)c(F)cc1Cl. The number of nitrogens with one attached hydrogen (secondary N) is 1. The van der Waals surface area contributed by atoms with Crippen molar-refractivity contribution in [3.8, 4) is 5.69 Å². The highest BCUT2D eigenvalue weighted by Gasteiger charge is 2.35. The summed E-state index contributed by atoms with van der Waals surface area (Å²) in [4.78, 5) is 90.3. The topological polar surface area (TPSA) is 254 Å². The molecule has 0 unspecified atom stereocenters. The lowest BCUT2D eigenvalue weighted by Gasteiger charge is -2.15. The van der Waals surface area contributed by atoms with Crippen LogP contribution in [0.5, 0.6) is 0 Å². The zero-order valence-electron chi connectivity index (χ0n) is 31.3. The van der Waals surface area contributed by atoms with Crippen molar-refractivity contribution in [1.29, 1.82) is 0 Å². The number of halogens is 6. The second-order valence-corrected chi connectivity index (χ2v) is 16.8. The van der Waals surface area contributed by atoms with E-state index in [2.05, 4.69) is 10.3 Å². The number of aliphatic carboxylic acids is 2. The summed E-state index contributed by atoms with van der Waals surface area (Å²) in [6.07, 6.45) is -4.03. The number of aromatic nitrogens is 4. The highest BCUT2D eigenvalue weighted by molar-refractivity contribution is 8.00. The first kappa shape index (κ1) is 49.8. The maximum absolute atomic E-state index is 14.2. The molecule has 0 saturated carbocycles. The molecular formula is C33H35Cl2F4N6O12PS2. The minimum atomic E-state index is -4.86. The molecule has 0 spiro atoms. The fourth-order valence-electron chi connectivity index (χ4n) is 4.90. The third kappa shape index (κ3) is 14.3. The molecular weight excluding hydrogens is 914 g/mol. The summed E-state index contributed by atoms with van der Waals surface area (Å²) in [6.45, 7) is 4.09. The third-order valence-corrected chi connectivity index (χ3v) is 10.7. The lowest BCUT2D eigenvalue weighted by Crippen LogP contribution is -2.40. The molecule has 328 valence electrons. The maximum Gasteiger partial charge on any atom is 0.431 e. The molecule has 5 N–H and O–H groups in total. The van der Waals surface area contributed by atoms with Crippen LogP contribution in [0.2, 0.25) is 10.0 Å². The number of nitrogens with zero attached hydrogens (tertiary/aromatic N) is 5. The van der Waals surface area contributed by atoms with Crippen molar-refractivity contribution in [3.05, 3.63) is 98.8 Å². The van der Waals surface area contributed by atoms with Crippen molar-refractivity contribution in [2.75, 3.05) is 18.6 Å². The fourth-order valence-corrected chi connectivity index (χ4v) is 7.38. The van der Waals surface area contributed by atoms with Crippen LogP contribution in [0.4, 0.5) is 23.2 Å². The summed E-state index contributed by atoms with van der Waals surface area (Å²) in [7, 11) is -3.20. The molecule has 1 aliphatic rings. The first-order chi connectivity index (χ1) is 27.8. The second-order valence-electron chi connectivity index (χ2n) is 12.4. The normalized spacial score (nSPS) is 12.8. The first-order valence-electron chi connectivity index (χ1n) is 16.9. The molecule has 60 heavy (non-hydrogen) atoms. The summed E-state index contributed by atoms with van der Waals surface area (Å²) in [5.74, 6) is -3.73. The number of hydrogen-bond acceptors (Lipinski definition) is 12. The number of hydrogen-bond donors (Lipinski definition) is 5. The van der Waals surface area contributed by atoms with E-state index < -0.39 is 73.4 Å². The van der Waals surface area contributed by atoms with E-state index in [-0.39, 0.29) is 37.6 Å². The van der Waals surface area contributed by atoms with E-state index in [1.807, 2.05) is 0 Å². The van der Waals surface area contributed by atoms with Gasteiger partial charge in [0, 0.05) is 31.1 Å². The maximum atomic E-state index is 14.2. The monoisotopic (exact) mass is 948 g/mol. The van der Waals surface area contributed by atoms with Gasteiger partial charge in [-0.15, -0.1) is 11.8 Å². The Labute approximate surface area is 353 Å². The predicted octanol–water partition coefficient (Wildman–Crippen LogP) is 4.28. The van der Waals surface area contributed by atoms with E-state index in [0.29, 0.717) is 38.0 Å². The Hall–Kier alpha value is -4.55. The molecule has 2 aromatic heterocycles. The van der Waals surface area contributed by atoms with E-state index in [0.717, 1.165) is 55.1 Å². The summed E-state index contributed by atoms with van der Waals surface area (Å²) >= 11 is 13.9. The van der Waals surface area contributed by atoms with Crippen LogP contribution in [0.3, 0.4) is 0 Å². The van der Waals surface area contributed by atoms with Crippen LogP contribution in [-0.4, -0.2) is 81.1 Å². The summed E-state index contributed by atoms with van der Waals surface area (Å²) in [6, 6.07) is 6.43. The van der Waals surface area contributed by atoms with Gasteiger partial charge in [-0.05, 0) is 68.4 Å². The molecule has 3 heterocycles. The minimum Gasteiger partial charge on any atom is -0.481 e. The Kier molecular flexibility index (Phi) is 17.7. The van der Waals surface area contributed by atoms with Crippen LogP contribution in [0.25, 0.3) is 5.69 Å². The van der Waals surface area contributed by atoms with Crippen molar-refractivity contribution in [3.63, 3.8) is 0 Å². The molecule has 18 nitrogen and oxygen atoms in total. The molecule has 5 rings (SSSR count). The number of carbonyl (C=O) groups is 3. The zero-order valence-corrected chi connectivity index (χ0v) is 35.4. The lowest BCUT2D eigenvalue weighted by molar-refractivity contribution is -0.144. The molecule has 0 saturated heterocycles. The largest absolute Gasteiger partial charge is 0.481 e. The standard InChI is InChI=1S/C16H14ClF3N2O4.C14H13ClFN3O3S2.C3H8NO5P/c1-8(2)26-14(24)10-6-9(4-5-11(10)17)22-13(23)7-12(16(18,19)20)21(3)15(22)25;15-8-5-9(16)10(6-11(8)23-7-12(20)21)17-13-18-3-1-2-4-19(18)14(22)24-13;5-3(6)1-4-2-10(7,8)9/h4-8H,1-3H3;5-6H,1-4,7H2,(H,20,21);4H,1-2H2,(H,5,6)(H2,7,8,9). The van der Waals surface area contributed by atoms with E-state index in [1.165, 1.54) is 18.2 Å². The fraction of sp³-hybridized carbons (Fsp3) is 0.364. The van der Waals surface area contributed by atoms with E-state index >= 15 is 0 Å². The van der Waals surface area contributed by atoms with Crippen LogP contribution >= 0.6 is 53.9 Å². The molecule has 2 aromatic carbocycles. The molecule has 0 fully saturated rings. The van der Waals surface area contributed by atoms with Crippen LogP contribution < -0.4 is 26.2 Å². The average Bonchev–Trinajstić information content (AvgIpc) is 3.44. The van der Waals surface area contributed by atoms with Crippen molar-refractivity contribution in [1.82, 2.24) is 23.8 Å². The number of carboxylic acids is 2. The Morgan fingerprint density at radius 1 is 1.00 bits per heavy atom. The van der Waals surface area contributed by atoms with Crippen LogP contribution in [-0.2, 0) is 45.2 Å². The van der Waals surface area contributed by atoms with E-state index in [9.17, 15) is 50.9 Å². The first-order valence-corrected chi connectivity index (χ1v) is 21.2. The van der Waals surface area contributed by atoms with Crippen LogP contribution in [0, 0.1) is 5.82 Å². The molecule has 0 radical (unpaired) electrons. The Balaban J connectivity index is 0.000000263. The highest BCUT2D eigenvalue weighted by atomic mass is 35.5. The zero-order chi connectivity index (χ0) is 45.3. The van der Waals surface area contributed by atoms with Gasteiger partial charge in [-0.2, -0.15) is 13.2 Å². The molecule has 0 amide bonds. The van der Waals surface area contributed by atoms with E-state index in [1.54, 1.807) is 23.2 Å². The van der Waals surface area contributed by atoms with Gasteiger partial charge in [-0.3, -0.25) is 38.3 Å². The third-order valence-electron chi connectivity index (χ3n) is 7.44. The number of carboxylic acid groups (broad SMARTS) is 2. The van der Waals surface area contributed by atoms with Gasteiger partial charge in [0.15, 0.2) is 0 Å². The van der Waals surface area contributed by atoms with Crippen LogP contribution in [0.1, 0.15) is 42.7 Å². The van der Waals surface area contributed by atoms with Crippen molar-refractivity contribution < 1.29 is 61.2 Å². The number of benzene rings is 2. The number of esters is 1. The average molecular weight is 950 g/mol. The van der Waals surface area contributed by atoms with Gasteiger partial charge >= 0.3 is 42.2 Å². The van der Waals surface area contributed by atoms with E-state index in [4.69, 9.17) is 47.9 Å². The number of ether oxygens (including phenoxy) is 1. The molecule has 0 bridgehead atoms. The lowest BCUT2D eigenvalue weighted by atomic mass is 10.2. The van der Waals surface area contributed by atoms with Gasteiger partial charge in [-0.25, -0.2) is 28.2 Å². The highest BCUT2D eigenvalue weighted by Crippen LogP contribution is 2.33. The second kappa shape index (κ2) is 21.3.